The molecule has 84 heavy (non-hydrogen) atoms. The highest BCUT2D eigenvalue weighted by Crippen LogP contribution is 2.44. The van der Waals surface area contributed by atoms with Crippen LogP contribution in [0.15, 0.2) is 194 Å². The summed E-state index contributed by atoms with van der Waals surface area (Å²) in [4.78, 5) is 0. The van der Waals surface area contributed by atoms with Gasteiger partial charge < -0.3 is 52.5 Å². The zero-order valence-corrected chi connectivity index (χ0v) is 49.0. The number of ether oxygens (including phenoxy) is 10. The van der Waals surface area contributed by atoms with Gasteiger partial charge in [-0.05, 0) is 142 Å². The zero-order valence-electron chi connectivity index (χ0n) is 49.0. The van der Waals surface area contributed by atoms with Crippen LogP contribution in [0.1, 0.15) is 97.2 Å². The van der Waals surface area contributed by atoms with E-state index in [9.17, 15) is 5.11 Å². The van der Waals surface area contributed by atoms with E-state index in [1.165, 1.54) is 22.3 Å². The molecule has 4 aliphatic rings. The topological polar surface area (TPSA) is 126 Å². The second kappa shape index (κ2) is 24.1. The molecule has 4 saturated heterocycles. The summed E-state index contributed by atoms with van der Waals surface area (Å²) in [7, 11) is 0. The van der Waals surface area contributed by atoms with Gasteiger partial charge in [-0.1, -0.05) is 149 Å². The van der Waals surface area contributed by atoms with Crippen LogP contribution in [0.25, 0.3) is 0 Å². The van der Waals surface area contributed by atoms with E-state index in [2.05, 4.69) is 163 Å². The molecule has 11 nitrogen and oxygen atoms in total. The normalized spacial score (nSPS) is 19.7. The SMILES string of the molecule is CC(C)(c1ccc(OCC2CO2)cc1)c1ccc(C(C)(c2ccc(OCC(O)COc3ccc(C(C)(c4ccc(OCC5CO5)cc4)c4ccc(C(C)(C)c5ccc(OCC6CO6)cc5)cc4)cc3)cc2)c2ccc(OCC3CO3)cc2)cc1. The number of rotatable bonds is 28. The Kier molecular flexibility index (Phi) is 16.3. The first-order valence-corrected chi connectivity index (χ1v) is 29.5. The summed E-state index contributed by atoms with van der Waals surface area (Å²) in [6.07, 6.45) is -0.113. The van der Waals surface area contributed by atoms with Crippen LogP contribution in [-0.4, -0.2) is 102 Å². The average Bonchev–Trinajstić information content (AvgIpc) is 4.19. The molecule has 434 valence electrons. The zero-order chi connectivity index (χ0) is 57.9. The number of aliphatic hydroxyl groups excluding tert-OH is 1. The minimum atomic E-state index is -0.882. The molecule has 0 bridgehead atoms. The molecule has 0 amide bonds. The standard InChI is InChI=1S/C73H76O11/c1-70(2,51-15-27-62(28-16-51)77-41-66-45-81-66)49-7-11-53(12-8-49)72(5,57-23-35-64(36-24-57)79-43-68-47-83-68)55-19-31-60(32-20-55)75-39-59(74)40-76-61-33-21-56(22-34-61)73(6,58-25-37-65(38-26-58)80-44-69-48-84-69)54-13-9-50(10-14-54)71(3,4)52-17-29-63(30-18-52)78-42-67-46-82-67/h7-38,59,66-69,74H,39-48H2,1-6H3. The molecule has 6 unspecified atom stereocenters. The Balaban J connectivity index is 0.709. The van der Waals surface area contributed by atoms with Gasteiger partial charge in [-0.2, -0.15) is 0 Å². The van der Waals surface area contributed by atoms with E-state index in [0.717, 1.165) is 82.8 Å². The molecule has 11 heteroatoms. The number of epoxide rings is 4. The number of benzene rings is 8. The predicted octanol–water partition coefficient (Wildman–Crippen LogP) is 13.0. The minimum Gasteiger partial charge on any atom is -0.491 e. The summed E-state index contributed by atoms with van der Waals surface area (Å²) in [6.45, 7) is 18.9. The first-order chi connectivity index (χ1) is 40.7. The Morgan fingerprint density at radius 2 is 0.464 bits per heavy atom. The van der Waals surface area contributed by atoms with Crippen molar-refractivity contribution in [1.82, 2.24) is 0 Å². The lowest BCUT2D eigenvalue weighted by atomic mass is 9.70. The van der Waals surface area contributed by atoms with Gasteiger partial charge in [0.2, 0.25) is 0 Å². The van der Waals surface area contributed by atoms with Gasteiger partial charge in [0.15, 0.2) is 0 Å². The van der Waals surface area contributed by atoms with Crippen molar-refractivity contribution in [2.45, 2.75) is 93.7 Å². The van der Waals surface area contributed by atoms with E-state index in [1.54, 1.807) is 0 Å². The van der Waals surface area contributed by atoms with Crippen molar-refractivity contribution in [1.29, 1.82) is 0 Å². The highest BCUT2D eigenvalue weighted by atomic mass is 16.6. The second-order valence-corrected chi connectivity index (χ2v) is 24.1. The van der Waals surface area contributed by atoms with Crippen molar-refractivity contribution in [3.05, 3.63) is 250 Å². The van der Waals surface area contributed by atoms with Crippen LogP contribution in [0, 0.1) is 0 Å². The van der Waals surface area contributed by atoms with Crippen LogP contribution < -0.4 is 28.4 Å². The fourth-order valence-corrected chi connectivity index (χ4v) is 11.1. The summed E-state index contributed by atoms with van der Waals surface area (Å²) < 4.78 is 57.8. The van der Waals surface area contributed by atoms with Crippen molar-refractivity contribution < 1.29 is 52.5 Å². The first-order valence-electron chi connectivity index (χ1n) is 29.5. The third-order valence-corrected chi connectivity index (χ3v) is 17.5. The molecule has 1 N–H and O–H groups in total. The molecule has 4 aliphatic heterocycles. The van der Waals surface area contributed by atoms with Gasteiger partial charge in [0, 0.05) is 21.7 Å². The third-order valence-electron chi connectivity index (χ3n) is 17.5. The van der Waals surface area contributed by atoms with Crippen molar-refractivity contribution >= 4 is 0 Å². The van der Waals surface area contributed by atoms with Gasteiger partial charge in [0.05, 0.1) is 26.4 Å². The largest absolute Gasteiger partial charge is 0.491 e. The number of hydrogen-bond acceptors (Lipinski definition) is 11. The highest BCUT2D eigenvalue weighted by molar-refractivity contribution is 5.55. The summed E-state index contributed by atoms with van der Waals surface area (Å²) in [5.74, 6) is 4.62. The van der Waals surface area contributed by atoms with E-state index < -0.39 is 16.9 Å². The van der Waals surface area contributed by atoms with Crippen molar-refractivity contribution in [2.75, 3.05) is 66.1 Å². The molecule has 6 atom stereocenters. The van der Waals surface area contributed by atoms with E-state index in [0.29, 0.717) is 37.9 Å². The van der Waals surface area contributed by atoms with Gasteiger partial charge in [0.25, 0.3) is 0 Å². The Labute approximate surface area is 494 Å². The van der Waals surface area contributed by atoms with Gasteiger partial charge >= 0.3 is 0 Å². The monoisotopic (exact) mass is 1130 g/mol. The van der Waals surface area contributed by atoms with Crippen molar-refractivity contribution in [2.24, 2.45) is 0 Å². The number of hydrogen-bond donors (Lipinski definition) is 1. The lowest BCUT2D eigenvalue weighted by Gasteiger charge is -2.33. The molecular formula is C73H76O11. The molecule has 8 aromatic carbocycles. The Morgan fingerprint density at radius 3 is 0.667 bits per heavy atom. The van der Waals surface area contributed by atoms with E-state index in [4.69, 9.17) is 47.4 Å². The molecule has 0 aliphatic carbocycles. The molecule has 12 rings (SSSR count). The lowest BCUT2D eigenvalue weighted by molar-refractivity contribution is 0.0626. The van der Waals surface area contributed by atoms with Crippen molar-refractivity contribution in [3.63, 3.8) is 0 Å². The Morgan fingerprint density at radius 1 is 0.298 bits per heavy atom. The molecule has 0 spiro atoms. The lowest BCUT2D eigenvalue weighted by Crippen LogP contribution is -2.27. The van der Waals surface area contributed by atoms with Gasteiger partial charge in [-0.15, -0.1) is 0 Å². The number of aliphatic hydroxyl groups is 1. The van der Waals surface area contributed by atoms with Crippen LogP contribution in [0.2, 0.25) is 0 Å². The maximum absolute atomic E-state index is 11.2. The Hall–Kier alpha value is -7.64. The van der Waals surface area contributed by atoms with E-state index in [1.807, 2.05) is 72.8 Å². The minimum absolute atomic E-state index is 0.0543. The molecule has 0 radical (unpaired) electrons. The van der Waals surface area contributed by atoms with Crippen LogP contribution in [0.3, 0.4) is 0 Å². The average molecular weight is 1130 g/mol. The van der Waals surface area contributed by atoms with Crippen LogP contribution >= 0.6 is 0 Å². The molecule has 4 heterocycles. The summed E-state index contributed by atoms with van der Waals surface area (Å²) in [5, 5.41) is 11.2. The first kappa shape index (κ1) is 56.8. The molecule has 8 aromatic rings. The van der Waals surface area contributed by atoms with Crippen LogP contribution in [-0.2, 0) is 40.6 Å². The van der Waals surface area contributed by atoms with Crippen LogP contribution in [0.5, 0.6) is 34.5 Å². The van der Waals surface area contributed by atoms with E-state index >= 15 is 0 Å². The van der Waals surface area contributed by atoms with E-state index in [-0.39, 0.29) is 48.5 Å². The highest BCUT2D eigenvalue weighted by Gasteiger charge is 2.35. The van der Waals surface area contributed by atoms with Gasteiger partial charge in [-0.25, -0.2) is 0 Å². The predicted molar refractivity (Wildman–Crippen MR) is 325 cm³/mol. The van der Waals surface area contributed by atoms with Crippen molar-refractivity contribution in [3.8, 4) is 34.5 Å². The molecular weight excluding hydrogens is 1050 g/mol. The van der Waals surface area contributed by atoms with Gasteiger partial charge in [0.1, 0.15) is 105 Å². The smallest absolute Gasteiger partial charge is 0.122 e. The summed E-state index contributed by atoms with van der Waals surface area (Å²) >= 11 is 0. The van der Waals surface area contributed by atoms with Gasteiger partial charge in [-0.3, -0.25) is 0 Å². The van der Waals surface area contributed by atoms with Crippen LogP contribution in [0.4, 0.5) is 0 Å². The fraction of sp³-hybridized carbons (Fsp3) is 0.342. The third kappa shape index (κ3) is 13.2. The maximum Gasteiger partial charge on any atom is 0.122 e. The maximum atomic E-state index is 11.2. The molecule has 0 aromatic heterocycles. The fourth-order valence-electron chi connectivity index (χ4n) is 11.1. The molecule has 0 saturated carbocycles. The summed E-state index contributed by atoms with van der Waals surface area (Å²) in [5.41, 5.74) is 9.95. The molecule has 4 fully saturated rings. The quantitative estimate of drug-likeness (QED) is 0.0372. The summed E-state index contributed by atoms with van der Waals surface area (Å²) in [6, 6.07) is 67.9. The second-order valence-electron chi connectivity index (χ2n) is 24.1. The Bertz CT molecular complexity index is 3190.